The molecule has 3 nitrogen and oxygen atoms in total. The summed E-state index contributed by atoms with van der Waals surface area (Å²) >= 11 is 0. The quantitative estimate of drug-likeness (QED) is 0.606. The Labute approximate surface area is 65.7 Å². The number of esters is 1. The molecule has 62 valence electrons. The molecule has 0 amide bonds. The number of carbonyl (C=O) groups is 1. The van der Waals surface area contributed by atoms with Gasteiger partial charge in [0.25, 0.3) is 0 Å². The van der Waals surface area contributed by atoms with E-state index in [0.29, 0.717) is 5.57 Å². The first-order valence-electron chi connectivity index (χ1n) is 3.75. The average Bonchev–Trinajstić information content (AvgIpc) is 2.17. The number of ether oxygens (including phenoxy) is 1. The predicted octanol–water partition coefficient (Wildman–Crippen LogP) is 0.978. The van der Waals surface area contributed by atoms with Crippen LogP contribution in [0.15, 0.2) is 11.1 Å². The Morgan fingerprint density at radius 3 is 2.64 bits per heavy atom. The second kappa shape index (κ2) is 3.05. The van der Waals surface area contributed by atoms with Gasteiger partial charge in [0.05, 0.1) is 0 Å². The Balaban J connectivity index is 2.79. The molecule has 1 unspecified atom stereocenters. The maximum absolute atomic E-state index is 10.8. The normalized spacial score (nSPS) is 24.3. The maximum atomic E-state index is 10.8. The van der Waals surface area contributed by atoms with Crippen molar-refractivity contribution in [1.29, 1.82) is 0 Å². The van der Waals surface area contributed by atoms with Crippen LogP contribution in [0.2, 0.25) is 0 Å². The zero-order valence-corrected chi connectivity index (χ0v) is 6.76. The topological polar surface area (TPSA) is 46.5 Å². The van der Waals surface area contributed by atoms with E-state index in [9.17, 15) is 4.79 Å². The molecule has 1 N–H and O–H groups in total. The Bertz CT molecular complexity index is 205. The summed E-state index contributed by atoms with van der Waals surface area (Å²) in [5, 5.41) is 9.16. The van der Waals surface area contributed by atoms with Crippen molar-refractivity contribution >= 4 is 5.97 Å². The summed E-state index contributed by atoms with van der Waals surface area (Å²) in [6.45, 7) is 3.68. The van der Waals surface area contributed by atoms with Crippen molar-refractivity contribution in [2.24, 2.45) is 0 Å². The van der Waals surface area contributed by atoms with Crippen molar-refractivity contribution in [3.63, 3.8) is 0 Å². The number of cyclic esters (lactones) is 1. The van der Waals surface area contributed by atoms with E-state index in [1.165, 1.54) is 0 Å². The molecule has 0 fully saturated rings. The fourth-order valence-electron chi connectivity index (χ4n) is 1.16. The molecule has 0 aromatic carbocycles. The third-order valence-corrected chi connectivity index (χ3v) is 1.82. The summed E-state index contributed by atoms with van der Waals surface area (Å²) in [7, 11) is 0. The molecule has 0 aromatic rings. The summed E-state index contributed by atoms with van der Waals surface area (Å²) in [4.78, 5) is 10.8. The van der Waals surface area contributed by atoms with Gasteiger partial charge in [-0.05, 0) is 13.3 Å². The number of rotatable bonds is 2. The third kappa shape index (κ3) is 1.43. The first-order chi connectivity index (χ1) is 5.16. The number of aliphatic hydroxyl groups is 1. The minimum atomic E-state index is -0.984. The van der Waals surface area contributed by atoms with Crippen LogP contribution in [0.3, 0.4) is 0 Å². The summed E-state index contributed by atoms with van der Waals surface area (Å²) < 4.78 is 4.58. The highest BCUT2D eigenvalue weighted by Gasteiger charge is 2.28. The van der Waals surface area contributed by atoms with Gasteiger partial charge < -0.3 is 9.84 Å². The van der Waals surface area contributed by atoms with E-state index in [1.807, 2.05) is 6.92 Å². The minimum Gasteiger partial charge on any atom is -0.428 e. The molecule has 0 saturated heterocycles. The fourth-order valence-corrected chi connectivity index (χ4v) is 1.16. The van der Waals surface area contributed by atoms with Gasteiger partial charge in [-0.25, -0.2) is 4.79 Å². The van der Waals surface area contributed by atoms with Crippen LogP contribution in [0.1, 0.15) is 26.7 Å². The second-order valence-corrected chi connectivity index (χ2v) is 2.66. The highest BCUT2D eigenvalue weighted by Crippen LogP contribution is 2.24. The molecule has 0 aromatic heterocycles. The lowest BCUT2D eigenvalue weighted by Gasteiger charge is -2.04. The van der Waals surface area contributed by atoms with Gasteiger partial charge in [0.2, 0.25) is 6.29 Å². The van der Waals surface area contributed by atoms with Crippen LogP contribution in [-0.2, 0) is 9.53 Å². The van der Waals surface area contributed by atoms with E-state index in [4.69, 9.17) is 5.11 Å². The molecular weight excluding hydrogens is 144 g/mol. The van der Waals surface area contributed by atoms with Gasteiger partial charge in [0.15, 0.2) is 0 Å². The summed E-state index contributed by atoms with van der Waals surface area (Å²) in [6.07, 6.45) is 0.668. The first kappa shape index (κ1) is 8.27. The van der Waals surface area contributed by atoms with Gasteiger partial charge in [-0.15, -0.1) is 0 Å². The zero-order valence-electron chi connectivity index (χ0n) is 6.76. The molecule has 3 heteroatoms. The van der Waals surface area contributed by atoms with Crippen LogP contribution in [0.4, 0.5) is 0 Å². The van der Waals surface area contributed by atoms with Crippen molar-refractivity contribution in [3.05, 3.63) is 11.1 Å². The van der Waals surface area contributed by atoms with Crippen molar-refractivity contribution in [3.8, 4) is 0 Å². The van der Waals surface area contributed by atoms with Gasteiger partial charge in [0.1, 0.15) is 0 Å². The molecule has 1 heterocycles. The molecule has 1 atom stereocenters. The number of hydrogen-bond acceptors (Lipinski definition) is 3. The fraction of sp³-hybridized carbons (Fsp3) is 0.625. The molecule has 11 heavy (non-hydrogen) atoms. The molecular formula is C8H12O3. The minimum absolute atomic E-state index is 0.388. The number of aliphatic hydroxyl groups excluding tert-OH is 1. The van der Waals surface area contributed by atoms with E-state index in [1.54, 1.807) is 6.92 Å². The van der Waals surface area contributed by atoms with Crippen LogP contribution >= 0.6 is 0 Å². The molecule has 1 aliphatic heterocycles. The van der Waals surface area contributed by atoms with E-state index in [-0.39, 0.29) is 5.97 Å². The lowest BCUT2D eigenvalue weighted by Crippen LogP contribution is -2.09. The highest BCUT2D eigenvalue weighted by atomic mass is 16.6. The van der Waals surface area contributed by atoms with Gasteiger partial charge >= 0.3 is 5.97 Å². The molecule has 0 saturated carbocycles. The Hall–Kier alpha value is -0.830. The summed E-state index contributed by atoms with van der Waals surface area (Å²) in [5.74, 6) is -0.388. The SMILES string of the molecule is CCCC1=C(C)C(=O)OC1O. The molecule has 0 radical (unpaired) electrons. The smallest absolute Gasteiger partial charge is 0.336 e. The Morgan fingerprint density at radius 1 is 1.64 bits per heavy atom. The van der Waals surface area contributed by atoms with E-state index < -0.39 is 6.29 Å². The average molecular weight is 156 g/mol. The number of hydrogen-bond donors (Lipinski definition) is 1. The van der Waals surface area contributed by atoms with E-state index >= 15 is 0 Å². The standard InChI is InChI=1S/C8H12O3/c1-3-4-6-5(2)7(9)11-8(6)10/h8,10H,3-4H2,1-2H3. The molecule has 0 spiro atoms. The van der Waals surface area contributed by atoms with Gasteiger partial charge in [-0.3, -0.25) is 0 Å². The van der Waals surface area contributed by atoms with Crippen LogP contribution in [-0.4, -0.2) is 17.4 Å². The summed E-state index contributed by atoms with van der Waals surface area (Å²) in [5.41, 5.74) is 1.30. The Kier molecular flexibility index (Phi) is 2.29. The van der Waals surface area contributed by atoms with Crippen molar-refractivity contribution in [2.75, 3.05) is 0 Å². The van der Waals surface area contributed by atoms with E-state index in [2.05, 4.69) is 4.74 Å². The summed E-state index contributed by atoms with van der Waals surface area (Å²) in [6, 6.07) is 0. The molecule has 0 aliphatic carbocycles. The third-order valence-electron chi connectivity index (χ3n) is 1.82. The molecule has 0 bridgehead atoms. The zero-order chi connectivity index (χ0) is 8.43. The van der Waals surface area contributed by atoms with Crippen molar-refractivity contribution < 1.29 is 14.6 Å². The highest BCUT2D eigenvalue weighted by molar-refractivity contribution is 5.91. The monoisotopic (exact) mass is 156 g/mol. The van der Waals surface area contributed by atoms with Crippen LogP contribution in [0.25, 0.3) is 0 Å². The first-order valence-corrected chi connectivity index (χ1v) is 3.75. The molecule has 1 aliphatic rings. The van der Waals surface area contributed by atoms with Crippen LogP contribution in [0, 0.1) is 0 Å². The predicted molar refractivity (Wildman–Crippen MR) is 39.7 cm³/mol. The van der Waals surface area contributed by atoms with Crippen molar-refractivity contribution in [2.45, 2.75) is 33.0 Å². The van der Waals surface area contributed by atoms with Gasteiger partial charge in [0, 0.05) is 11.1 Å². The van der Waals surface area contributed by atoms with Crippen molar-refractivity contribution in [1.82, 2.24) is 0 Å². The largest absolute Gasteiger partial charge is 0.428 e. The second-order valence-electron chi connectivity index (χ2n) is 2.66. The number of carbonyl (C=O) groups excluding carboxylic acids is 1. The lowest BCUT2D eigenvalue weighted by atomic mass is 10.1. The van der Waals surface area contributed by atoms with Crippen LogP contribution < -0.4 is 0 Å². The molecule has 1 rings (SSSR count). The Morgan fingerprint density at radius 2 is 2.27 bits per heavy atom. The van der Waals surface area contributed by atoms with E-state index in [0.717, 1.165) is 18.4 Å². The lowest BCUT2D eigenvalue weighted by molar-refractivity contribution is -0.152. The van der Waals surface area contributed by atoms with Crippen LogP contribution in [0.5, 0.6) is 0 Å². The van der Waals surface area contributed by atoms with Gasteiger partial charge in [-0.2, -0.15) is 0 Å². The maximum Gasteiger partial charge on any atom is 0.336 e. The van der Waals surface area contributed by atoms with Gasteiger partial charge in [-0.1, -0.05) is 13.3 Å².